The van der Waals surface area contributed by atoms with Gasteiger partial charge in [-0.3, -0.25) is 9.59 Å². The standard InChI is InChI=1S/C13H15NO4/c1-7-3-4-10(11(5-7)18-2)14-12(15)8-6-9(8)13(16)17/h3-5,8-9H,6H2,1-2H3,(H,14,15)(H,16,17). The molecule has 1 saturated carbocycles. The number of hydrogen-bond donors (Lipinski definition) is 2. The first-order valence-corrected chi connectivity index (χ1v) is 5.71. The largest absolute Gasteiger partial charge is 0.495 e. The Morgan fingerprint density at radius 3 is 2.67 bits per heavy atom. The molecule has 5 heteroatoms. The van der Waals surface area contributed by atoms with Gasteiger partial charge in [-0.15, -0.1) is 0 Å². The molecule has 1 aliphatic carbocycles. The van der Waals surface area contributed by atoms with Crippen molar-refractivity contribution in [3.05, 3.63) is 23.8 Å². The van der Waals surface area contributed by atoms with Crippen molar-refractivity contribution < 1.29 is 19.4 Å². The third-order valence-corrected chi connectivity index (χ3v) is 3.06. The monoisotopic (exact) mass is 249 g/mol. The Labute approximate surface area is 105 Å². The fourth-order valence-electron chi connectivity index (χ4n) is 1.88. The summed E-state index contributed by atoms with van der Waals surface area (Å²) in [6, 6.07) is 5.43. The van der Waals surface area contributed by atoms with Gasteiger partial charge in [0.2, 0.25) is 5.91 Å². The maximum absolute atomic E-state index is 11.8. The fourth-order valence-corrected chi connectivity index (χ4v) is 1.88. The Kier molecular flexibility index (Phi) is 3.23. The maximum atomic E-state index is 11.8. The highest BCUT2D eigenvalue weighted by molar-refractivity contribution is 5.99. The number of carboxylic acid groups (broad SMARTS) is 1. The number of aliphatic carboxylic acids is 1. The average molecular weight is 249 g/mol. The van der Waals surface area contributed by atoms with Crippen molar-refractivity contribution >= 4 is 17.6 Å². The van der Waals surface area contributed by atoms with E-state index < -0.39 is 17.8 Å². The van der Waals surface area contributed by atoms with Gasteiger partial charge in [-0.25, -0.2) is 0 Å². The number of nitrogens with one attached hydrogen (secondary N) is 1. The molecule has 0 spiro atoms. The Morgan fingerprint density at radius 2 is 2.11 bits per heavy atom. The van der Waals surface area contributed by atoms with Gasteiger partial charge in [0.15, 0.2) is 0 Å². The van der Waals surface area contributed by atoms with Crippen LogP contribution in [0.2, 0.25) is 0 Å². The van der Waals surface area contributed by atoms with Crippen LogP contribution in [-0.2, 0) is 9.59 Å². The zero-order chi connectivity index (χ0) is 13.3. The van der Waals surface area contributed by atoms with Gasteiger partial charge in [0.1, 0.15) is 5.75 Å². The molecule has 0 saturated heterocycles. The fraction of sp³-hybridized carbons (Fsp3) is 0.385. The summed E-state index contributed by atoms with van der Waals surface area (Å²) in [4.78, 5) is 22.5. The quantitative estimate of drug-likeness (QED) is 0.851. The van der Waals surface area contributed by atoms with Gasteiger partial charge in [-0.1, -0.05) is 6.07 Å². The predicted molar refractivity (Wildman–Crippen MR) is 65.6 cm³/mol. The third kappa shape index (κ3) is 2.45. The van der Waals surface area contributed by atoms with E-state index in [0.29, 0.717) is 17.9 Å². The predicted octanol–water partition coefficient (Wildman–Crippen LogP) is 1.66. The van der Waals surface area contributed by atoms with E-state index in [2.05, 4.69) is 5.32 Å². The smallest absolute Gasteiger partial charge is 0.307 e. The molecule has 0 bridgehead atoms. The van der Waals surface area contributed by atoms with E-state index in [1.807, 2.05) is 19.1 Å². The number of carbonyl (C=O) groups is 2. The lowest BCUT2D eigenvalue weighted by Gasteiger charge is -2.10. The van der Waals surface area contributed by atoms with E-state index in [1.54, 1.807) is 6.07 Å². The first-order chi connectivity index (χ1) is 8.52. The van der Waals surface area contributed by atoms with Gasteiger partial charge >= 0.3 is 5.97 Å². The zero-order valence-corrected chi connectivity index (χ0v) is 10.3. The van der Waals surface area contributed by atoms with Crippen molar-refractivity contribution in [3.63, 3.8) is 0 Å². The molecule has 2 unspecified atom stereocenters. The lowest BCUT2D eigenvalue weighted by Crippen LogP contribution is -2.17. The highest BCUT2D eigenvalue weighted by Gasteiger charge is 2.48. The molecule has 0 aliphatic heterocycles. The molecule has 1 aromatic rings. The van der Waals surface area contributed by atoms with E-state index in [4.69, 9.17) is 9.84 Å². The van der Waals surface area contributed by atoms with E-state index in [0.717, 1.165) is 5.56 Å². The highest BCUT2D eigenvalue weighted by atomic mass is 16.5. The number of carbonyl (C=O) groups excluding carboxylic acids is 1. The van der Waals surface area contributed by atoms with Crippen molar-refractivity contribution in [2.24, 2.45) is 11.8 Å². The highest BCUT2D eigenvalue weighted by Crippen LogP contribution is 2.40. The van der Waals surface area contributed by atoms with E-state index in [-0.39, 0.29) is 5.91 Å². The van der Waals surface area contributed by atoms with Gasteiger partial charge in [0.25, 0.3) is 0 Å². The van der Waals surface area contributed by atoms with Crippen molar-refractivity contribution in [1.82, 2.24) is 0 Å². The molecule has 96 valence electrons. The van der Waals surface area contributed by atoms with Crippen LogP contribution >= 0.6 is 0 Å². The molecule has 2 atom stereocenters. The van der Waals surface area contributed by atoms with Crippen LogP contribution in [0.4, 0.5) is 5.69 Å². The number of benzene rings is 1. The summed E-state index contributed by atoms with van der Waals surface area (Å²) in [6.07, 6.45) is 0.412. The summed E-state index contributed by atoms with van der Waals surface area (Å²) < 4.78 is 5.17. The molecule has 5 nitrogen and oxygen atoms in total. The molecular formula is C13H15NO4. The van der Waals surface area contributed by atoms with Crippen molar-refractivity contribution in [2.75, 3.05) is 12.4 Å². The number of anilines is 1. The summed E-state index contributed by atoms with van der Waals surface area (Å²) >= 11 is 0. The van der Waals surface area contributed by atoms with Crippen LogP contribution in [0.5, 0.6) is 5.75 Å². The normalized spacial score (nSPS) is 21.2. The van der Waals surface area contributed by atoms with E-state index in [1.165, 1.54) is 7.11 Å². The first kappa shape index (κ1) is 12.4. The van der Waals surface area contributed by atoms with E-state index >= 15 is 0 Å². The molecule has 0 radical (unpaired) electrons. The second-order valence-electron chi connectivity index (χ2n) is 4.48. The number of amides is 1. The molecule has 2 rings (SSSR count). The van der Waals surface area contributed by atoms with Gasteiger partial charge in [-0.2, -0.15) is 0 Å². The van der Waals surface area contributed by atoms with Gasteiger partial charge in [-0.05, 0) is 31.0 Å². The molecule has 0 heterocycles. The van der Waals surface area contributed by atoms with Crippen LogP contribution in [0, 0.1) is 18.8 Å². The lowest BCUT2D eigenvalue weighted by atomic mass is 10.2. The summed E-state index contributed by atoms with van der Waals surface area (Å²) in [5, 5.41) is 11.5. The molecule has 0 aromatic heterocycles. The zero-order valence-electron chi connectivity index (χ0n) is 10.3. The first-order valence-electron chi connectivity index (χ1n) is 5.71. The van der Waals surface area contributed by atoms with Crippen LogP contribution in [-0.4, -0.2) is 24.1 Å². The van der Waals surface area contributed by atoms with Gasteiger partial charge in [0, 0.05) is 0 Å². The lowest BCUT2D eigenvalue weighted by molar-refractivity contribution is -0.139. The van der Waals surface area contributed by atoms with Gasteiger partial charge in [0.05, 0.1) is 24.6 Å². The molecule has 1 amide bonds. The second kappa shape index (κ2) is 4.68. The van der Waals surface area contributed by atoms with Crippen LogP contribution in [0.25, 0.3) is 0 Å². The number of rotatable bonds is 4. The molecule has 1 aromatic carbocycles. The van der Waals surface area contributed by atoms with E-state index in [9.17, 15) is 9.59 Å². The SMILES string of the molecule is COc1cc(C)ccc1NC(=O)C1CC1C(=O)O. The minimum absolute atomic E-state index is 0.260. The summed E-state index contributed by atoms with van der Waals surface area (Å²) in [7, 11) is 1.53. The minimum atomic E-state index is -0.911. The van der Waals surface area contributed by atoms with Crippen molar-refractivity contribution in [3.8, 4) is 5.75 Å². The average Bonchev–Trinajstić information content (AvgIpc) is 3.11. The number of aryl methyl sites for hydroxylation is 1. The topological polar surface area (TPSA) is 75.6 Å². The third-order valence-electron chi connectivity index (χ3n) is 3.06. The second-order valence-corrected chi connectivity index (χ2v) is 4.48. The van der Waals surface area contributed by atoms with Crippen molar-refractivity contribution in [2.45, 2.75) is 13.3 Å². The number of carboxylic acids is 1. The Balaban J connectivity index is 2.06. The molecule has 1 fully saturated rings. The summed E-state index contributed by atoms with van der Waals surface area (Å²) in [5.74, 6) is -1.55. The van der Waals surface area contributed by atoms with Crippen LogP contribution < -0.4 is 10.1 Å². The molecular weight excluding hydrogens is 234 g/mol. The summed E-state index contributed by atoms with van der Waals surface area (Å²) in [6.45, 7) is 1.93. The van der Waals surface area contributed by atoms with Crippen molar-refractivity contribution in [1.29, 1.82) is 0 Å². The number of ether oxygens (including phenoxy) is 1. The van der Waals surface area contributed by atoms with Crippen LogP contribution in [0.3, 0.4) is 0 Å². The number of methoxy groups -OCH3 is 1. The molecule has 2 N–H and O–H groups in total. The summed E-state index contributed by atoms with van der Waals surface area (Å²) in [5.41, 5.74) is 1.60. The minimum Gasteiger partial charge on any atom is -0.495 e. The molecule has 1 aliphatic rings. The Bertz CT molecular complexity index is 498. The van der Waals surface area contributed by atoms with Crippen LogP contribution in [0.1, 0.15) is 12.0 Å². The maximum Gasteiger partial charge on any atom is 0.307 e. The van der Waals surface area contributed by atoms with Gasteiger partial charge < -0.3 is 15.2 Å². The Hall–Kier alpha value is -2.04. The number of hydrogen-bond acceptors (Lipinski definition) is 3. The van der Waals surface area contributed by atoms with Crippen LogP contribution in [0.15, 0.2) is 18.2 Å². The Morgan fingerprint density at radius 1 is 1.39 bits per heavy atom. The molecule has 18 heavy (non-hydrogen) atoms.